The van der Waals surface area contributed by atoms with Gasteiger partial charge < -0.3 is 29.4 Å². The van der Waals surface area contributed by atoms with Gasteiger partial charge in [0, 0.05) is 146 Å². The van der Waals surface area contributed by atoms with Gasteiger partial charge in [-0.2, -0.15) is 0 Å². The van der Waals surface area contributed by atoms with Gasteiger partial charge in [-0.15, -0.1) is 0 Å². The number of hydrogen-bond donors (Lipinski definition) is 0. The minimum Gasteiger partial charge on any atom is -0.364 e. The van der Waals surface area contributed by atoms with Crippen molar-refractivity contribution in [2.45, 2.75) is 196 Å². The fraction of sp³-hybridized carbons (Fsp3) is 0.486. The first-order chi connectivity index (χ1) is 38.8. The molecule has 12 aliphatic rings. The summed E-state index contributed by atoms with van der Waals surface area (Å²) in [7, 11) is -0.665. The van der Waals surface area contributed by atoms with Crippen LogP contribution in [-0.2, 0) is 0 Å². The molecule has 18 rings (SSSR count). The van der Waals surface area contributed by atoms with Crippen LogP contribution >= 0.6 is 15.8 Å². The number of anilines is 6. The Balaban J connectivity index is 0.892. The van der Waals surface area contributed by atoms with E-state index in [1.165, 1.54) is 124 Å². The van der Waals surface area contributed by atoms with Gasteiger partial charge in [0.05, 0.1) is 0 Å². The van der Waals surface area contributed by atoms with Crippen LogP contribution in [0.3, 0.4) is 0 Å². The smallest absolute Gasteiger partial charge is 0.0431 e. The zero-order valence-electron chi connectivity index (χ0n) is 45.3. The number of para-hydroxylation sites is 6. The first-order valence-corrected chi connectivity index (χ1v) is 34.5. The fourth-order valence-corrected chi connectivity index (χ4v) is 32.6. The third kappa shape index (κ3) is 6.52. The van der Waals surface area contributed by atoms with Gasteiger partial charge in [0.2, 0.25) is 0 Å². The summed E-state index contributed by atoms with van der Waals surface area (Å²) in [5, 5.41) is 0. The van der Waals surface area contributed by atoms with Crippen LogP contribution in [-0.4, -0.2) is 106 Å². The molecule has 78 heavy (non-hydrogen) atoms. The highest BCUT2D eigenvalue weighted by Gasteiger charge is 2.75. The summed E-state index contributed by atoms with van der Waals surface area (Å²) in [4.78, 5) is 19.4. The highest BCUT2D eigenvalue weighted by Crippen LogP contribution is 2.78. The van der Waals surface area contributed by atoms with Crippen LogP contribution in [0.2, 0.25) is 0 Å². The van der Waals surface area contributed by atoms with E-state index < -0.39 is 0 Å². The molecule has 6 saturated carbocycles. The van der Waals surface area contributed by atoms with Gasteiger partial charge in [-0.25, -0.2) is 0 Å². The first kappa shape index (κ1) is 46.7. The lowest BCUT2D eigenvalue weighted by Gasteiger charge is -2.79. The molecule has 6 nitrogen and oxygen atoms in total. The van der Waals surface area contributed by atoms with Gasteiger partial charge in [0.25, 0.3) is 0 Å². The summed E-state index contributed by atoms with van der Waals surface area (Å²) in [6.45, 7) is 0. The molecule has 6 aliphatic carbocycles. The molecule has 6 saturated heterocycles. The SMILES string of the molecule is c1ccc(N2C3CCCC4C3P3C5C2CCCC5N(c2ccccc2)C2C5C(CC(C23)N4c2ccccc2)CC2C3C5N(c4ccccc4)C4CCCC5C4P3C3C(CCCC3N2c2ccccc2)N5c2ccccc2)cc1. The monoisotopic (exact) mass is 1060 g/mol. The maximum atomic E-state index is 3.33. The van der Waals surface area contributed by atoms with Gasteiger partial charge in [-0.1, -0.05) is 125 Å². The number of nitrogens with zero attached hydrogens (tertiary/aromatic N) is 6. The topological polar surface area (TPSA) is 19.4 Å². The minimum atomic E-state index is -0.332. The zero-order chi connectivity index (χ0) is 50.7. The van der Waals surface area contributed by atoms with Crippen molar-refractivity contribution in [1.29, 1.82) is 0 Å². The Morgan fingerprint density at radius 1 is 0.244 bits per heavy atom. The Bertz CT molecular complexity index is 2890. The van der Waals surface area contributed by atoms with Crippen LogP contribution in [0.15, 0.2) is 182 Å². The number of hydrogen-bond acceptors (Lipinski definition) is 6. The molecule has 6 heterocycles. The molecule has 6 aromatic carbocycles. The molecular formula is C70H78N6P2. The zero-order valence-corrected chi connectivity index (χ0v) is 47.1. The van der Waals surface area contributed by atoms with Crippen molar-refractivity contribution < 1.29 is 0 Å². The summed E-state index contributed by atoms with van der Waals surface area (Å²) in [6.07, 6.45) is 18.8. The average molecular weight is 1070 g/mol. The summed E-state index contributed by atoms with van der Waals surface area (Å²) in [5.74, 6) is 1.21. The van der Waals surface area contributed by atoms with E-state index in [0.717, 1.165) is 0 Å². The van der Waals surface area contributed by atoms with Crippen LogP contribution in [0, 0.1) is 11.8 Å². The highest BCUT2D eigenvalue weighted by atomic mass is 31.1. The molecule has 6 aliphatic heterocycles. The fourth-order valence-electron chi connectivity index (χ4n) is 22.0. The molecule has 0 radical (unpaired) electrons. The second-order valence-corrected chi connectivity index (χ2v) is 31.8. The van der Waals surface area contributed by atoms with Gasteiger partial charge in [-0.3, -0.25) is 0 Å². The van der Waals surface area contributed by atoms with E-state index in [1.54, 1.807) is 0 Å². The van der Waals surface area contributed by atoms with Crippen LogP contribution in [0.25, 0.3) is 0 Å². The molecule has 0 N–H and O–H groups in total. The standard InChI is InChI=1S/C70H78N6P2/c1-7-23-46(24-8-1)71-52-35-19-39-56-65(52)77-67-54(71)37-21-41-58(67)75(50-31-15-5-16-32-50)63-62-45(43-60(69(63)77)73(56)48-27-11-3-12-28-48)44-61-70-64(62)76(51-33-17-6-18-34-51)59-42-22-38-55-68(59)78(70)66-53(72(55)47-25-9-2-10-26-47)36-20-40-57(66)74(61)49-29-13-4-14-30-49/h1-18,23-34,45,52-70H,19-22,35-44H2. The molecule has 20 unspecified atom stereocenters. The van der Waals surface area contributed by atoms with Gasteiger partial charge in [0.1, 0.15) is 0 Å². The maximum Gasteiger partial charge on any atom is 0.0431 e. The van der Waals surface area contributed by atoms with Gasteiger partial charge in [-0.05, 0) is 169 Å². The lowest BCUT2D eigenvalue weighted by molar-refractivity contribution is 0.0556. The average Bonchev–Trinajstić information content (AvgIpc) is 2.33. The first-order valence-electron chi connectivity index (χ1n) is 31.4. The Kier molecular flexibility index (Phi) is 10.9. The van der Waals surface area contributed by atoms with Crippen molar-refractivity contribution >= 4 is 50.0 Å². The predicted molar refractivity (Wildman–Crippen MR) is 327 cm³/mol. The molecule has 0 bridgehead atoms. The molecule has 12 fully saturated rings. The molecule has 6 aromatic rings. The highest BCUT2D eigenvalue weighted by molar-refractivity contribution is 7.61. The Hall–Kier alpha value is -5.02. The van der Waals surface area contributed by atoms with Crippen molar-refractivity contribution in [2.24, 2.45) is 11.8 Å². The summed E-state index contributed by atoms with van der Waals surface area (Å²) in [5.41, 5.74) is 13.3. The van der Waals surface area contributed by atoms with Crippen LogP contribution < -0.4 is 29.4 Å². The molecule has 8 heteroatoms. The van der Waals surface area contributed by atoms with E-state index in [0.29, 0.717) is 118 Å². The summed E-state index contributed by atoms with van der Waals surface area (Å²) >= 11 is 0. The van der Waals surface area contributed by atoms with Crippen molar-refractivity contribution in [3.63, 3.8) is 0 Å². The van der Waals surface area contributed by atoms with E-state index in [9.17, 15) is 0 Å². The Morgan fingerprint density at radius 3 is 0.718 bits per heavy atom. The van der Waals surface area contributed by atoms with Crippen molar-refractivity contribution in [2.75, 3.05) is 29.4 Å². The lowest BCUT2D eigenvalue weighted by Crippen LogP contribution is -2.85. The molecule has 20 atom stereocenters. The summed E-state index contributed by atoms with van der Waals surface area (Å²) in [6, 6.07) is 79.8. The number of benzene rings is 6. The summed E-state index contributed by atoms with van der Waals surface area (Å²) < 4.78 is 0. The molecule has 398 valence electrons. The number of fused-ring (bicyclic) bond motifs is 3. The van der Waals surface area contributed by atoms with Crippen molar-refractivity contribution in [1.82, 2.24) is 0 Å². The molecule has 0 amide bonds. The van der Waals surface area contributed by atoms with Gasteiger partial charge in [0.15, 0.2) is 0 Å². The van der Waals surface area contributed by atoms with E-state index >= 15 is 0 Å². The Labute approximate surface area is 467 Å². The van der Waals surface area contributed by atoms with Crippen LogP contribution in [0.5, 0.6) is 0 Å². The number of rotatable bonds is 6. The predicted octanol–water partition coefficient (Wildman–Crippen LogP) is 14.5. The second-order valence-electron chi connectivity index (χ2n) is 26.5. The molecular weight excluding hydrogens is 987 g/mol. The van der Waals surface area contributed by atoms with Gasteiger partial charge >= 0.3 is 0 Å². The van der Waals surface area contributed by atoms with Crippen molar-refractivity contribution in [3.05, 3.63) is 182 Å². The van der Waals surface area contributed by atoms with E-state index in [2.05, 4.69) is 211 Å². The Morgan fingerprint density at radius 2 is 0.462 bits per heavy atom. The van der Waals surface area contributed by atoms with E-state index in [4.69, 9.17) is 0 Å². The molecule has 0 spiro atoms. The van der Waals surface area contributed by atoms with E-state index in [-0.39, 0.29) is 15.8 Å². The minimum absolute atomic E-state index is 0.332. The third-order valence-corrected chi connectivity index (χ3v) is 31.9. The van der Waals surface area contributed by atoms with Crippen molar-refractivity contribution in [3.8, 4) is 0 Å². The van der Waals surface area contributed by atoms with E-state index in [1.807, 2.05) is 0 Å². The molecule has 0 aromatic heterocycles. The van der Waals surface area contributed by atoms with Crippen LogP contribution in [0.1, 0.15) is 89.9 Å². The third-order valence-electron chi connectivity index (χ3n) is 23.7. The maximum absolute atomic E-state index is 3.33. The lowest BCUT2D eigenvalue weighted by atomic mass is 9.59. The normalized spacial score (nSPS) is 42.0. The van der Waals surface area contributed by atoms with Crippen LogP contribution in [0.4, 0.5) is 34.1 Å². The quantitative estimate of drug-likeness (QED) is 0.154. The second kappa shape index (κ2) is 18.2. The largest absolute Gasteiger partial charge is 0.364 e.